The molecule has 2 aromatic rings. The number of anilines is 2. The van der Waals surface area contributed by atoms with Gasteiger partial charge in [0.1, 0.15) is 11.9 Å². The van der Waals surface area contributed by atoms with Crippen LogP contribution < -0.4 is 19.7 Å². The van der Waals surface area contributed by atoms with Crippen molar-refractivity contribution in [3.8, 4) is 11.5 Å². The Morgan fingerprint density at radius 1 is 1.25 bits per heavy atom. The number of nitrogens with one attached hydrogen (secondary N) is 1. The first-order valence-corrected chi connectivity index (χ1v) is 12.7. The van der Waals surface area contributed by atoms with E-state index in [4.69, 9.17) is 9.47 Å². The van der Waals surface area contributed by atoms with Crippen LogP contribution >= 0.6 is 0 Å². The fraction of sp³-hybridized carbons (Fsp3) is 0.481. The summed E-state index contributed by atoms with van der Waals surface area (Å²) in [5, 5.41) is 12.2. The summed E-state index contributed by atoms with van der Waals surface area (Å²) in [7, 11) is 0. The van der Waals surface area contributed by atoms with E-state index in [1.54, 1.807) is 12.4 Å². The van der Waals surface area contributed by atoms with Crippen molar-refractivity contribution in [2.24, 2.45) is 5.41 Å². The molecule has 1 aromatic heterocycles. The number of hydrogen-bond acceptors (Lipinski definition) is 7. The average molecular weight is 493 g/mol. The first kappa shape index (κ1) is 24.1. The number of nitrogens with zero attached hydrogens (tertiary/aromatic N) is 3. The van der Waals surface area contributed by atoms with Gasteiger partial charge in [-0.2, -0.15) is 0 Å². The van der Waals surface area contributed by atoms with Crippen molar-refractivity contribution in [1.82, 2.24) is 9.97 Å². The van der Waals surface area contributed by atoms with E-state index >= 15 is 0 Å². The Morgan fingerprint density at radius 3 is 2.83 bits per heavy atom. The molecular weight excluding hydrogens is 460 g/mol. The summed E-state index contributed by atoms with van der Waals surface area (Å²) in [6, 6.07) is 7.71. The Kier molecular flexibility index (Phi) is 6.80. The second kappa shape index (κ2) is 10.2. The van der Waals surface area contributed by atoms with Gasteiger partial charge in [-0.15, -0.1) is 0 Å². The molecule has 5 rings (SSSR count). The quantitative estimate of drug-likeness (QED) is 0.507. The van der Waals surface area contributed by atoms with Gasteiger partial charge < -0.3 is 24.8 Å². The third kappa shape index (κ3) is 5.15. The standard InChI is InChI=1S/C27H32N4O5/c1-2-35-21-7-3-4-8-22(21)36-18-6-5-13-31(17-18)24-16-28-15-23(29-24)30-25(32)10-12-27-11-9-19(26(33)34)20(27)14-27/h3-4,7-8,15-16,18H,2,5-6,9-14,17H2,1H3,(H,33,34)(H,29,30,32)/t18-,27?/m1/s1. The van der Waals surface area contributed by atoms with Gasteiger partial charge in [-0.3, -0.25) is 9.78 Å². The minimum atomic E-state index is -0.815. The molecule has 190 valence electrons. The largest absolute Gasteiger partial charge is 0.490 e. The molecular formula is C27H32N4O5. The number of amides is 1. The fourth-order valence-electron chi connectivity index (χ4n) is 5.45. The van der Waals surface area contributed by atoms with Gasteiger partial charge in [0.25, 0.3) is 0 Å². The zero-order valence-corrected chi connectivity index (χ0v) is 20.5. The van der Waals surface area contributed by atoms with E-state index < -0.39 is 5.97 Å². The van der Waals surface area contributed by atoms with Crippen molar-refractivity contribution in [2.45, 2.75) is 58.0 Å². The molecule has 2 N–H and O–H groups in total. The van der Waals surface area contributed by atoms with Gasteiger partial charge in [0.05, 0.1) is 25.5 Å². The molecule has 36 heavy (non-hydrogen) atoms. The molecule has 9 nitrogen and oxygen atoms in total. The fourth-order valence-corrected chi connectivity index (χ4v) is 5.45. The highest BCUT2D eigenvalue weighted by atomic mass is 16.5. The van der Waals surface area contributed by atoms with Crippen molar-refractivity contribution in [3.05, 3.63) is 47.8 Å². The number of carbonyl (C=O) groups excluding carboxylic acids is 1. The highest BCUT2D eigenvalue weighted by Crippen LogP contribution is 2.65. The van der Waals surface area contributed by atoms with E-state index in [-0.39, 0.29) is 17.4 Å². The molecule has 1 aliphatic heterocycles. The van der Waals surface area contributed by atoms with Crippen LogP contribution in [0.4, 0.5) is 11.6 Å². The molecule has 3 aliphatic rings. The zero-order valence-electron chi connectivity index (χ0n) is 20.5. The molecule has 0 radical (unpaired) electrons. The predicted octanol–water partition coefficient (Wildman–Crippen LogP) is 4.21. The smallest absolute Gasteiger partial charge is 0.331 e. The molecule has 2 fully saturated rings. The lowest BCUT2D eigenvalue weighted by atomic mass is 9.96. The summed E-state index contributed by atoms with van der Waals surface area (Å²) < 4.78 is 12.0. The first-order valence-electron chi connectivity index (χ1n) is 12.7. The number of carbonyl (C=O) groups is 2. The van der Waals surface area contributed by atoms with Gasteiger partial charge in [-0.1, -0.05) is 17.7 Å². The van der Waals surface area contributed by atoms with Crippen molar-refractivity contribution >= 4 is 23.5 Å². The van der Waals surface area contributed by atoms with Crippen molar-refractivity contribution in [1.29, 1.82) is 0 Å². The van der Waals surface area contributed by atoms with Crippen LogP contribution in [0.2, 0.25) is 0 Å². The lowest BCUT2D eigenvalue weighted by Gasteiger charge is -2.33. The SMILES string of the molecule is CCOc1ccccc1O[C@@H]1CCCN(c2cncc(NC(=O)CCC34CCC(C(=O)O)=C3C4)n2)C1. The van der Waals surface area contributed by atoms with Crippen molar-refractivity contribution < 1.29 is 24.2 Å². The van der Waals surface area contributed by atoms with Crippen molar-refractivity contribution in [2.75, 3.05) is 29.9 Å². The summed E-state index contributed by atoms with van der Waals surface area (Å²) in [4.78, 5) is 35.0. The van der Waals surface area contributed by atoms with Gasteiger partial charge in [-0.25, -0.2) is 9.78 Å². The number of piperidine rings is 1. The van der Waals surface area contributed by atoms with Gasteiger partial charge in [0.2, 0.25) is 5.91 Å². The van der Waals surface area contributed by atoms with Crippen molar-refractivity contribution in [3.63, 3.8) is 0 Å². The summed E-state index contributed by atoms with van der Waals surface area (Å²) >= 11 is 0. The van der Waals surface area contributed by atoms with E-state index in [1.807, 2.05) is 31.2 Å². The Balaban J connectivity index is 1.16. The minimum absolute atomic E-state index is 0.0115. The maximum atomic E-state index is 12.6. The predicted molar refractivity (Wildman–Crippen MR) is 134 cm³/mol. The number of fused-ring (bicyclic) bond motifs is 1. The zero-order chi connectivity index (χ0) is 25.1. The summed E-state index contributed by atoms with van der Waals surface area (Å²) in [6.07, 6.45) is 8.39. The monoisotopic (exact) mass is 492 g/mol. The Hall–Kier alpha value is -3.62. The highest BCUT2D eigenvalue weighted by Gasteiger charge is 2.54. The number of rotatable bonds is 10. The minimum Gasteiger partial charge on any atom is -0.490 e. The van der Waals surface area contributed by atoms with Gasteiger partial charge in [0.15, 0.2) is 17.3 Å². The van der Waals surface area contributed by atoms with Gasteiger partial charge in [-0.05, 0) is 63.0 Å². The lowest BCUT2D eigenvalue weighted by molar-refractivity contribution is -0.132. The van der Waals surface area contributed by atoms with Crippen LogP contribution in [0.15, 0.2) is 47.8 Å². The van der Waals surface area contributed by atoms with Gasteiger partial charge in [0, 0.05) is 18.5 Å². The average Bonchev–Trinajstić information content (AvgIpc) is 3.47. The van der Waals surface area contributed by atoms with E-state index in [0.29, 0.717) is 49.6 Å². The third-order valence-electron chi connectivity index (χ3n) is 7.37. The normalized spacial score (nSPS) is 22.7. The molecule has 0 bridgehead atoms. The molecule has 2 atom stereocenters. The van der Waals surface area contributed by atoms with Crippen LogP contribution in [0.5, 0.6) is 11.5 Å². The van der Waals surface area contributed by atoms with E-state index in [0.717, 1.165) is 49.3 Å². The molecule has 1 unspecified atom stereocenters. The second-order valence-electron chi connectivity index (χ2n) is 9.74. The Labute approximate surface area is 210 Å². The number of hydrogen-bond donors (Lipinski definition) is 2. The number of ether oxygens (including phenoxy) is 2. The number of para-hydroxylation sites is 2. The van der Waals surface area contributed by atoms with E-state index in [2.05, 4.69) is 20.2 Å². The topological polar surface area (TPSA) is 114 Å². The molecule has 1 aromatic carbocycles. The molecule has 2 heterocycles. The summed E-state index contributed by atoms with van der Waals surface area (Å²) in [5.41, 5.74) is 1.52. The number of aliphatic carboxylic acids is 1. The van der Waals surface area contributed by atoms with E-state index in [1.165, 1.54) is 0 Å². The Bertz CT molecular complexity index is 1180. The lowest BCUT2D eigenvalue weighted by Crippen LogP contribution is -2.41. The molecule has 0 spiro atoms. The van der Waals surface area contributed by atoms with Crippen LogP contribution in [0.3, 0.4) is 0 Å². The molecule has 1 amide bonds. The molecule has 1 saturated heterocycles. The Morgan fingerprint density at radius 2 is 2.08 bits per heavy atom. The molecule has 1 saturated carbocycles. The third-order valence-corrected chi connectivity index (χ3v) is 7.37. The van der Waals surface area contributed by atoms with Crippen LogP contribution in [0.1, 0.15) is 51.9 Å². The summed E-state index contributed by atoms with van der Waals surface area (Å²) in [6.45, 7) is 4.03. The number of allylic oxidation sites excluding steroid dienone is 1. The van der Waals surface area contributed by atoms with Crippen LogP contribution in [-0.4, -0.2) is 52.8 Å². The molecule has 2 aliphatic carbocycles. The number of carboxylic acids is 1. The van der Waals surface area contributed by atoms with Gasteiger partial charge >= 0.3 is 5.97 Å². The van der Waals surface area contributed by atoms with E-state index in [9.17, 15) is 14.7 Å². The molecule has 9 heteroatoms. The second-order valence-corrected chi connectivity index (χ2v) is 9.74. The first-order chi connectivity index (χ1) is 17.5. The number of aromatic nitrogens is 2. The maximum absolute atomic E-state index is 12.6. The van der Waals surface area contributed by atoms with Crippen LogP contribution in [0.25, 0.3) is 0 Å². The number of carboxylic acid groups (broad SMARTS) is 1. The maximum Gasteiger partial charge on any atom is 0.331 e. The highest BCUT2D eigenvalue weighted by molar-refractivity contribution is 5.91. The van der Waals surface area contributed by atoms with Crippen LogP contribution in [0, 0.1) is 5.41 Å². The summed E-state index contributed by atoms with van der Waals surface area (Å²) in [5.74, 6) is 1.66. The van der Waals surface area contributed by atoms with Crippen LogP contribution in [-0.2, 0) is 9.59 Å². The number of benzene rings is 1.